The number of amides is 1. The summed E-state index contributed by atoms with van der Waals surface area (Å²) in [6.07, 6.45) is -0.732. The average Bonchev–Trinajstić information content (AvgIpc) is 3.49. The fourth-order valence-corrected chi connectivity index (χ4v) is 5.61. The lowest BCUT2D eigenvalue weighted by atomic mass is 10.3. The number of benzene rings is 2. The number of rotatable bonds is 8. The molecule has 2 aromatic carbocycles. The summed E-state index contributed by atoms with van der Waals surface area (Å²) in [4.78, 5) is 23.2. The minimum absolute atomic E-state index is 0.139. The standard InChI is InChI=1S/C21H19NO8S2/c1-13-19(30-21(24)28-13)10-27-20(23)22-14-2-4-15(5-3-14)29-16-6-8-18(9-7-16)32(25,26)12-17-11-31-17/h2-9,17H,10-12H2,1H3,(H,22,23)/p+1. The molecule has 0 saturated carbocycles. The first-order chi connectivity index (χ1) is 15.3. The van der Waals surface area contributed by atoms with Crippen LogP contribution in [0.1, 0.15) is 11.5 Å². The van der Waals surface area contributed by atoms with E-state index in [1.54, 1.807) is 48.5 Å². The predicted octanol–water partition coefficient (Wildman–Crippen LogP) is 3.05. The molecular formula is C21H20NO8S2+. The van der Waals surface area contributed by atoms with E-state index in [4.69, 9.17) is 13.9 Å². The lowest BCUT2D eigenvalue weighted by molar-refractivity contribution is 0.145. The van der Waals surface area contributed by atoms with Crippen molar-refractivity contribution in [1.29, 1.82) is 0 Å². The Morgan fingerprint density at radius 2 is 1.72 bits per heavy atom. The van der Waals surface area contributed by atoms with Crippen LogP contribution in [0.15, 0.2) is 67.1 Å². The molecule has 1 atom stereocenters. The third-order valence-electron chi connectivity index (χ3n) is 4.54. The minimum Gasteiger partial charge on any atom is -0.457 e. The first kappa shape index (κ1) is 22.0. The quantitative estimate of drug-likeness (QED) is 0.298. The van der Waals surface area contributed by atoms with Gasteiger partial charge in [-0.15, -0.1) is 0 Å². The van der Waals surface area contributed by atoms with Crippen molar-refractivity contribution in [3.05, 3.63) is 70.7 Å². The van der Waals surface area contributed by atoms with Crippen LogP contribution in [0.3, 0.4) is 0 Å². The molecule has 168 valence electrons. The topological polar surface area (TPSA) is 125 Å². The molecule has 0 aliphatic carbocycles. The lowest BCUT2D eigenvalue weighted by Crippen LogP contribution is -2.13. The van der Waals surface area contributed by atoms with Gasteiger partial charge in [-0.2, -0.15) is 0 Å². The molecule has 1 aliphatic rings. The maximum absolute atomic E-state index is 12.3. The SMILES string of the molecule is Cc1oc(=O)oc1COC(=O)Nc1ccc(Oc2ccc(S(=O)(=O)CC3C[SH+]3)cc2)cc1. The van der Waals surface area contributed by atoms with Gasteiger partial charge in [0.15, 0.2) is 39.0 Å². The molecule has 3 aromatic rings. The van der Waals surface area contributed by atoms with Gasteiger partial charge in [0, 0.05) is 5.69 Å². The second-order valence-corrected chi connectivity index (χ2v) is 10.5. The Bertz CT molecular complexity index is 1260. The first-order valence-corrected chi connectivity index (χ1v) is 12.4. The fraction of sp³-hybridized carbons (Fsp3) is 0.238. The summed E-state index contributed by atoms with van der Waals surface area (Å²) in [7, 11) is -3.27. The van der Waals surface area contributed by atoms with Crippen molar-refractivity contribution in [2.45, 2.75) is 23.7 Å². The van der Waals surface area contributed by atoms with Crippen LogP contribution in [0.2, 0.25) is 0 Å². The maximum atomic E-state index is 12.3. The van der Waals surface area contributed by atoms with E-state index in [0.29, 0.717) is 17.2 Å². The van der Waals surface area contributed by atoms with Gasteiger partial charge in [-0.3, -0.25) is 5.32 Å². The summed E-state index contributed by atoms with van der Waals surface area (Å²) in [6.45, 7) is 1.29. The highest BCUT2D eigenvalue weighted by atomic mass is 32.2. The van der Waals surface area contributed by atoms with Crippen molar-refractivity contribution in [3.63, 3.8) is 0 Å². The fourth-order valence-electron chi connectivity index (χ4n) is 2.78. The number of sulfone groups is 1. The zero-order valence-corrected chi connectivity index (χ0v) is 18.6. The molecule has 2 heterocycles. The highest BCUT2D eigenvalue weighted by Gasteiger charge is 2.39. The number of hydrogen-bond acceptors (Lipinski definition) is 8. The van der Waals surface area contributed by atoms with E-state index in [-0.39, 0.29) is 34.0 Å². The van der Waals surface area contributed by atoms with E-state index in [1.807, 2.05) is 0 Å². The van der Waals surface area contributed by atoms with Crippen molar-refractivity contribution in [3.8, 4) is 11.5 Å². The number of carbonyl (C=O) groups is 1. The van der Waals surface area contributed by atoms with Gasteiger partial charge in [-0.1, -0.05) is 0 Å². The van der Waals surface area contributed by atoms with Crippen molar-refractivity contribution in [2.24, 2.45) is 0 Å². The second-order valence-electron chi connectivity index (χ2n) is 7.03. The Labute approximate surface area is 187 Å². The third kappa shape index (κ3) is 5.74. The zero-order chi connectivity index (χ0) is 22.7. The summed E-state index contributed by atoms with van der Waals surface area (Å²) < 4.78 is 44.8. The van der Waals surface area contributed by atoms with E-state index >= 15 is 0 Å². The molecule has 1 saturated heterocycles. The molecule has 1 unspecified atom stereocenters. The maximum Gasteiger partial charge on any atom is 0.519 e. The molecule has 0 spiro atoms. The van der Waals surface area contributed by atoms with Gasteiger partial charge in [0.05, 0.1) is 4.90 Å². The Balaban J connectivity index is 1.30. The summed E-state index contributed by atoms with van der Waals surface area (Å²) in [5, 5.41) is 2.80. The average molecular weight is 479 g/mol. The van der Waals surface area contributed by atoms with Crippen LogP contribution in [0, 0.1) is 6.92 Å². The number of carbonyl (C=O) groups excluding carboxylic acids is 1. The number of nitrogens with one attached hydrogen (secondary N) is 1. The van der Waals surface area contributed by atoms with Crippen LogP contribution in [-0.2, 0) is 32.9 Å². The highest BCUT2D eigenvalue weighted by molar-refractivity contribution is 7.94. The van der Waals surface area contributed by atoms with E-state index in [2.05, 4.69) is 9.73 Å². The first-order valence-electron chi connectivity index (χ1n) is 9.59. The highest BCUT2D eigenvalue weighted by Crippen LogP contribution is 2.26. The van der Waals surface area contributed by atoms with E-state index in [0.717, 1.165) is 5.75 Å². The monoisotopic (exact) mass is 478 g/mol. The Morgan fingerprint density at radius 1 is 1.09 bits per heavy atom. The van der Waals surface area contributed by atoms with Gasteiger partial charge in [0.25, 0.3) is 0 Å². The van der Waals surface area contributed by atoms with Gasteiger partial charge in [-0.25, -0.2) is 18.0 Å². The van der Waals surface area contributed by atoms with Crippen molar-refractivity contribution < 1.29 is 31.5 Å². The molecule has 11 heteroatoms. The van der Waals surface area contributed by atoms with Crippen molar-refractivity contribution in [2.75, 3.05) is 16.8 Å². The van der Waals surface area contributed by atoms with Gasteiger partial charge in [0.1, 0.15) is 17.3 Å². The Hall–Kier alpha value is -3.18. The van der Waals surface area contributed by atoms with Crippen molar-refractivity contribution >= 4 is 33.4 Å². The third-order valence-corrected chi connectivity index (χ3v) is 7.68. The minimum atomic E-state index is -3.27. The summed E-state index contributed by atoms with van der Waals surface area (Å²) in [5.74, 6) is 1.66. The predicted molar refractivity (Wildman–Crippen MR) is 118 cm³/mol. The molecule has 1 aromatic heterocycles. The number of hydrogen-bond donors (Lipinski definition) is 1. The van der Waals surface area contributed by atoms with E-state index in [9.17, 15) is 18.0 Å². The molecular weight excluding hydrogens is 458 g/mol. The van der Waals surface area contributed by atoms with E-state index < -0.39 is 21.8 Å². The molecule has 32 heavy (non-hydrogen) atoms. The Morgan fingerprint density at radius 3 is 2.28 bits per heavy atom. The summed E-state index contributed by atoms with van der Waals surface area (Å²) in [5.41, 5.74) is 0.466. The Kier molecular flexibility index (Phi) is 6.28. The van der Waals surface area contributed by atoms with Crippen LogP contribution >= 0.6 is 0 Å². The summed E-state index contributed by atoms with van der Waals surface area (Å²) in [6, 6.07) is 12.8. The molecule has 0 radical (unpaired) electrons. The number of ether oxygens (including phenoxy) is 2. The van der Waals surface area contributed by atoms with Gasteiger partial charge < -0.3 is 18.3 Å². The van der Waals surface area contributed by atoms with E-state index in [1.165, 1.54) is 18.7 Å². The van der Waals surface area contributed by atoms with Gasteiger partial charge in [0.2, 0.25) is 0 Å². The largest absolute Gasteiger partial charge is 0.519 e. The van der Waals surface area contributed by atoms with Crippen LogP contribution in [0.25, 0.3) is 0 Å². The molecule has 9 nitrogen and oxygen atoms in total. The van der Waals surface area contributed by atoms with Crippen LogP contribution in [0.4, 0.5) is 10.5 Å². The number of aryl methyl sites for hydroxylation is 1. The van der Waals surface area contributed by atoms with Crippen LogP contribution in [-0.4, -0.2) is 31.3 Å². The smallest absolute Gasteiger partial charge is 0.457 e. The molecule has 1 fully saturated rings. The van der Waals surface area contributed by atoms with Gasteiger partial charge in [-0.05, 0) is 67.2 Å². The van der Waals surface area contributed by atoms with Crippen LogP contribution in [0.5, 0.6) is 11.5 Å². The molecule has 1 N–H and O–H groups in total. The van der Waals surface area contributed by atoms with Gasteiger partial charge >= 0.3 is 11.9 Å². The summed E-state index contributed by atoms with van der Waals surface area (Å²) >= 11 is 1.20. The second kappa shape index (κ2) is 9.13. The van der Waals surface area contributed by atoms with Crippen LogP contribution < -0.4 is 15.9 Å². The zero-order valence-electron chi connectivity index (χ0n) is 16.9. The van der Waals surface area contributed by atoms with Crippen molar-refractivity contribution in [1.82, 2.24) is 0 Å². The number of thiol groups is 1. The molecule has 1 amide bonds. The molecule has 4 rings (SSSR count). The number of anilines is 1. The molecule has 1 aliphatic heterocycles. The molecule has 0 bridgehead atoms. The normalized spacial score (nSPS) is 15.2. The lowest BCUT2D eigenvalue weighted by Gasteiger charge is -2.09.